The van der Waals surface area contributed by atoms with Crippen molar-refractivity contribution in [1.82, 2.24) is 15.5 Å². The van der Waals surface area contributed by atoms with Crippen LogP contribution in [-0.2, 0) is 14.3 Å². The summed E-state index contributed by atoms with van der Waals surface area (Å²) in [6.07, 6.45) is 1.52. The summed E-state index contributed by atoms with van der Waals surface area (Å²) in [4.78, 5) is 29.5. The Balaban J connectivity index is 0.00000625. The molecule has 2 N–H and O–H groups in total. The van der Waals surface area contributed by atoms with E-state index in [1.807, 2.05) is 20.8 Å². The zero-order valence-electron chi connectivity index (χ0n) is 16.5. The number of hydrogen-bond donors (Lipinski definition) is 2. The van der Waals surface area contributed by atoms with E-state index in [0.717, 1.165) is 18.9 Å². The number of carbonyl (C=O) groups is 2. The van der Waals surface area contributed by atoms with Crippen LogP contribution >= 0.6 is 24.0 Å². The fourth-order valence-electron chi connectivity index (χ4n) is 2.54. The molecule has 26 heavy (non-hydrogen) atoms. The molecule has 1 atom stereocenters. The van der Waals surface area contributed by atoms with Crippen molar-refractivity contribution in [2.24, 2.45) is 4.99 Å². The molecule has 1 rings (SSSR count). The molecule has 152 valence electrons. The Kier molecular flexibility index (Phi) is 11.6. The molecule has 1 aliphatic rings. The van der Waals surface area contributed by atoms with E-state index in [2.05, 4.69) is 20.5 Å². The Hall–Kier alpha value is -1.26. The highest BCUT2D eigenvalue weighted by molar-refractivity contribution is 14.0. The van der Waals surface area contributed by atoms with Crippen LogP contribution in [0.15, 0.2) is 4.99 Å². The maximum absolute atomic E-state index is 11.8. The predicted octanol–water partition coefficient (Wildman–Crippen LogP) is 2.12. The summed E-state index contributed by atoms with van der Waals surface area (Å²) < 4.78 is 10.2. The lowest BCUT2D eigenvalue weighted by Crippen LogP contribution is -2.44. The lowest BCUT2D eigenvalue weighted by atomic mass is 10.2. The van der Waals surface area contributed by atoms with Crippen LogP contribution in [0.4, 0.5) is 4.79 Å². The van der Waals surface area contributed by atoms with Crippen molar-refractivity contribution in [1.29, 1.82) is 0 Å². The van der Waals surface area contributed by atoms with Gasteiger partial charge in [0.2, 0.25) is 0 Å². The molecule has 0 saturated carbocycles. The Morgan fingerprint density at radius 1 is 1.31 bits per heavy atom. The highest BCUT2D eigenvalue weighted by Crippen LogP contribution is 2.12. The summed E-state index contributed by atoms with van der Waals surface area (Å²) in [5.74, 6) is 0.597. The lowest BCUT2D eigenvalue weighted by Gasteiger charge is -2.23. The van der Waals surface area contributed by atoms with Crippen LogP contribution in [0.3, 0.4) is 0 Å². The summed E-state index contributed by atoms with van der Waals surface area (Å²) in [6.45, 7) is 9.86. The standard InChI is InChI=1S/C17H32N4O4.HI/c1-6-24-14(22)8-7-10-19-15(18-5)21-11-9-13(12-21)20-16(23)25-17(2,3)4;/h13H,6-12H2,1-5H3,(H,18,19)(H,20,23);1H. The lowest BCUT2D eigenvalue weighted by molar-refractivity contribution is -0.143. The molecular formula is C17H33IN4O4. The van der Waals surface area contributed by atoms with Crippen LogP contribution in [0, 0.1) is 0 Å². The zero-order valence-corrected chi connectivity index (χ0v) is 18.8. The molecule has 0 aromatic rings. The number of amides is 1. The van der Waals surface area contributed by atoms with Gasteiger partial charge in [-0.25, -0.2) is 4.79 Å². The molecule has 0 aromatic heterocycles. The highest BCUT2D eigenvalue weighted by Gasteiger charge is 2.27. The van der Waals surface area contributed by atoms with Gasteiger partial charge < -0.3 is 25.0 Å². The number of alkyl carbamates (subject to hydrolysis) is 1. The fraction of sp³-hybridized carbons (Fsp3) is 0.824. The first-order valence-electron chi connectivity index (χ1n) is 8.86. The molecule has 9 heteroatoms. The first kappa shape index (κ1) is 24.7. The van der Waals surface area contributed by atoms with Crippen molar-refractivity contribution in [3.63, 3.8) is 0 Å². The third-order valence-electron chi connectivity index (χ3n) is 3.57. The largest absolute Gasteiger partial charge is 0.466 e. The van der Waals surface area contributed by atoms with Gasteiger partial charge in [0.1, 0.15) is 5.60 Å². The highest BCUT2D eigenvalue weighted by atomic mass is 127. The van der Waals surface area contributed by atoms with Crippen molar-refractivity contribution in [2.75, 3.05) is 33.3 Å². The second-order valence-corrected chi connectivity index (χ2v) is 6.96. The van der Waals surface area contributed by atoms with Gasteiger partial charge in [0.25, 0.3) is 0 Å². The van der Waals surface area contributed by atoms with Gasteiger partial charge in [0, 0.05) is 33.1 Å². The number of nitrogens with zero attached hydrogens (tertiary/aromatic N) is 2. The molecule has 0 aromatic carbocycles. The van der Waals surface area contributed by atoms with Gasteiger partial charge in [0.15, 0.2) is 5.96 Å². The summed E-state index contributed by atoms with van der Waals surface area (Å²) >= 11 is 0. The van der Waals surface area contributed by atoms with Gasteiger partial charge in [-0.3, -0.25) is 9.79 Å². The van der Waals surface area contributed by atoms with Crippen molar-refractivity contribution in [3.8, 4) is 0 Å². The van der Waals surface area contributed by atoms with Crippen molar-refractivity contribution in [2.45, 2.75) is 58.6 Å². The van der Waals surface area contributed by atoms with Crippen molar-refractivity contribution >= 4 is 42.0 Å². The van der Waals surface area contributed by atoms with E-state index in [1.165, 1.54) is 0 Å². The topological polar surface area (TPSA) is 92.3 Å². The van der Waals surface area contributed by atoms with E-state index >= 15 is 0 Å². The summed E-state index contributed by atoms with van der Waals surface area (Å²) in [7, 11) is 1.72. The minimum absolute atomic E-state index is 0. The molecule has 8 nitrogen and oxygen atoms in total. The summed E-state index contributed by atoms with van der Waals surface area (Å²) in [5.41, 5.74) is -0.501. The van der Waals surface area contributed by atoms with Crippen LogP contribution in [-0.4, -0.2) is 67.9 Å². The van der Waals surface area contributed by atoms with E-state index in [0.29, 0.717) is 32.5 Å². The Labute approximate surface area is 173 Å². The fourth-order valence-corrected chi connectivity index (χ4v) is 2.54. The molecule has 0 bridgehead atoms. The number of ether oxygens (including phenoxy) is 2. The maximum atomic E-state index is 11.8. The van der Waals surface area contributed by atoms with Crippen molar-refractivity contribution in [3.05, 3.63) is 0 Å². The summed E-state index contributed by atoms with van der Waals surface area (Å²) in [6, 6.07) is 0.0351. The number of hydrogen-bond acceptors (Lipinski definition) is 5. The van der Waals surface area contributed by atoms with Crippen LogP contribution in [0.25, 0.3) is 0 Å². The minimum atomic E-state index is -0.501. The number of esters is 1. The third kappa shape index (κ3) is 10.0. The summed E-state index contributed by atoms with van der Waals surface area (Å²) in [5, 5.41) is 6.14. The number of rotatable bonds is 6. The number of guanidine groups is 1. The van der Waals surface area contributed by atoms with Gasteiger partial charge in [-0.15, -0.1) is 24.0 Å². The van der Waals surface area contributed by atoms with Gasteiger partial charge >= 0.3 is 12.1 Å². The van der Waals surface area contributed by atoms with E-state index in [1.54, 1.807) is 14.0 Å². The average molecular weight is 484 g/mol. The monoisotopic (exact) mass is 484 g/mol. The minimum Gasteiger partial charge on any atom is -0.466 e. The van der Waals surface area contributed by atoms with E-state index in [9.17, 15) is 9.59 Å². The number of likely N-dealkylation sites (tertiary alicyclic amines) is 1. The SMILES string of the molecule is CCOC(=O)CCCNC(=NC)N1CCC(NC(=O)OC(C)(C)C)C1.I. The molecule has 0 spiro atoms. The van der Waals surface area contributed by atoms with E-state index in [4.69, 9.17) is 9.47 Å². The normalized spacial score (nSPS) is 17.3. The maximum Gasteiger partial charge on any atom is 0.407 e. The first-order valence-corrected chi connectivity index (χ1v) is 8.86. The van der Waals surface area contributed by atoms with E-state index in [-0.39, 0.29) is 36.0 Å². The first-order chi connectivity index (χ1) is 11.7. The predicted molar refractivity (Wildman–Crippen MR) is 112 cm³/mol. The zero-order chi connectivity index (χ0) is 18.9. The van der Waals surface area contributed by atoms with Gasteiger partial charge in [-0.2, -0.15) is 0 Å². The molecule has 1 amide bonds. The van der Waals surface area contributed by atoms with Crippen molar-refractivity contribution < 1.29 is 19.1 Å². The van der Waals surface area contributed by atoms with Crippen LogP contribution in [0.5, 0.6) is 0 Å². The Morgan fingerprint density at radius 2 is 2.00 bits per heavy atom. The second-order valence-electron chi connectivity index (χ2n) is 6.96. The average Bonchev–Trinajstić information content (AvgIpc) is 2.93. The Bertz CT molecular complexity index is 480. The molecule has 0 radical (unpaired) electrons. The van der Waals surface area contributed by atoms with Crippen LogP contribution < -0.4 is 10.6 Å². The molecule has 1 heterocycles. The van der Waals surface area contributed by atoms with Gasteiger partial charge in [-0.1, -0.05) is 0 Å². The molecule has 0 aliphatic carbocycles. The third-order valence-corrected chi connectivity index (χ3v) is 3.57. The number of carbonyl (C=O) groups excluding carboxylic acids is 2. The smallest absolute Gasteiger partial charge is 0.407 e. The molecule has 1 fully saturated rings. The quantitative estimate of drug-likeness (QED) is 0.197. The van der Waals surface area contributed by atoms with E-state index < -0.39 is 11.7 Å². The number of aliphatic imine (C=N–C) groups is 1. The molecular weight excluding hydrogens is 451 g/mol. The molecule has 1 unspecified atom stereocenters. The van der Waals surface area contributed by atoms with Gasteiger partial charge in [-0.05, 0) is 40.5 Å². The second kappa shape index (κ2) is 12.2. The molecule has 1 aliphatic heterocycles. The molecule has 1 saturated heterocycles. The Morgan fingerprint density at radius 3 is 2.58 bits per heavy atom. The van der Waals surface area contributed by atoms with Gasteiger partial charge in [0.05, 0.1) is 12.6 Å². The van der Waals surface area contributed by atoms with Crippen LogP contribution in [0.1, 0.15) is 47.0 Å². The number of halogens is 1. The van der Waals surface area contributed by atoms with Crippen LogP contribution in [0.2, 0.25) is 0 Å². The number of nitrogens with one attached hydrogen (secondary N) is 2.